The highest BCUT2D eigenvalue weighted by atomic mass is 127. The number of ketones is 2. The summed E-state index contributed by atoms with van der Waals surface area (Å²) in [6.45, 7) is 8.34. The number of carbonyl (C=O) groups excluding carboxylic acids is 2. The fourth-order valence-corrected chi connectivity index (χ4v) is 4.37. The van der Waals surface area contributed by atoms with Crippen molar-refractivity contribution in [1.29, 1.82) is 0 Å². The van der Waals surface area contributed by atoms with Gasteiger partial charge in [-0.25, -0.2) is 0 Å². The van der Waals surface area contributed by atoms with E-state index < -0.39 is 0 Å². The summed E-state index contributed by atoms with van der Waals surface area (Å²) in [6, 6.07) is 0. The van der Waals surface area contributed by atoms with Crippen LogP contribution in [-0.2, 0) is 9.59 Å². The molecule has 0 unspecified atom stereocenters. The molecule has 19 heavy (non-hydrogen) atoms. The largest absolute Gasteiger partial charge is 0.300 e. The minimum atomic E-state index is -0.220. The molecule has 0 saturated heterocycles. The first-order chi connectivity index (χ1) is 8.74. The van der Waals surface area contributed by atoms with Crippen LogP contribution in [0, 0.1) is 16.7 Å². The smallest absolute Gasteiger partial charge is 0.139 e. The molecule has 0 heterocycles. The molecule has 3 heteroatoms. The van der Waals surface area contributed by atoms with E-state index in [-0.39, 0.29) is 16.6 Å². The summed E-state index contributed by atoms with van der Waals surface area (Å²) in [5.74, 6) is 0.987. The van der Waals surface area contributed by atoms with Crippen LogP contribution < -0.4 is 0 Å². The molecule has 1 aliphatic carbocycles. The SMILES string of the molecule is CC(=O)CC[C@H]1C(C)(C)CCC[C@]1(C)C(=O)CCI. The molecule has 0 aromatic rings. The Kier molecular flexibility index (Phi) is 6.02. The number of alkyl halides is 1. The second kappa shape index (κ2) is 6.68. The summed E-state index contributed by atoms with van der Waals surface area (Å²) < 4.78 is 0.895. The molecule has 2 nitrogen and oxygen atoms in total. The Morgan fingerprint density at radius 3 is 2.32 bits per heavy atom. The Hall–Kier alpha value is 0.0700. The number of rotatable bonds is 6. The highest BCUT2D eigenvalue weighted by Gasteiger charge is 2.49. The van der Waals surface area contributed by atoms with Crippen molar-refractivity contribution in [1.82, 2.24) is 0 Å². The minimum absolute atomic E-state index is 0.170. The van der Waals surface area contributed by atoms with Gasteiger partial charge in [-0.1, -0.05) is 49.8 Å². The molecule has 2 atom stereocenters. The summed E-state index contributed by atoms with van der Waals surface area (Å²) >= 11 is 2.28. The van der Waals surface area contributed by atoms with Crippen molar-refractivity contribution in [2.75, 3.05) is 4.43 Å². The first-order valence-corrected chi connectivity index (χ1v) is 8.85. The zero-order valence-electron chi connectivity index (χ0n) is 12.7. The predicted molar refractivity (Wildman–Crippen MR) is 87.7 cm³/mol. The molecule has 0 spiro atoms. The zero-order valence-corrected chi connectivity index (χ0v) is 14.9. The number of Topliss-reactive ketones (excluding diaryl/α,β-unsaturated/α-hetero) is 2. The average Bonchev–Trinajstić information content (AvgIpc) is 2.27. The summed E-state index contributed by atoms with van der Waals surface area (Å²) in [7, 11) is 0. The maximum atomic E-state index is 12.6. The van der Waals surface area contributed by atoms with E-state index in [2.05, 4.69) is 43.4 Å². The molecular formula is C16H27IO2. The van der Waals surface area contributed by atoms with Gasteiger partial charge in [0, 0.05) is 22.7 Å². The van der Waals surface area contributed by atoms with Crippen LogP contribution in [0.3, 0.4) is 0 Å². The van der Waals surface area contributed by atoms with Gasteiger partial charge < -0.3 is 4.79 Å². The highest BCUT2D eigenvalue weighted by Crippen LogP contribution is 2.53. The van der Waals surface area contributed by atoms with Crippen LogP contribution in [0.1, 0.15) is 66.2 Å². The minimum Gasteiger partial charge on any atom is -0.300 e. The Morgan fingerprint density at radius 1 is 1.16 bits per heavy atom. The van der Waals surface area contributed by atoms with Crippen LogP contribution in [0.15, 0.2) is 0 Å². The predicted octanol–water partition coefficient (Wildman–Crippen LogP) is 4.58. The molecule has 0 amide bonds. The fourth-order valence-electron chi connectivity index (χ4n) is 3.88. The van der Waals surface area contributed by atoms with Crippen molar-refractivity contribution in [2.24, 2.45) is 16.7 Å². The first kappa shape index (κ1) is 17.1. The van der Waals surface area contributed by atoms with Gasteiger partial charge in [-0.2, -0.15) is 0 Å². The maximum Gasteiger partial charge on any atom is 0.139 e. The number of hydrogen-bond donors (Lipinski definition) is 0. The van der Waals surface area contributed by atoms with Gasteiger partial charge in [-0.05, 0) is 37.5 Å². The molecule has 1 rings (SSSR count). The Balaban J connectivity index is 2.96. The van der Waals surface area contributed by atoms with E-state index in [0.717, 1.165) is 23.7 Å². The van der Waals surface area contributed by atoms with Gasteiger partial charge >= 0.3 is 0 Å². The fraction of sp³-hybridized carbons (Fsp3) is 0.875. The second-order valence-electron chi connectivity index (χ2n) is 6.92. The van der Waals surface area contributed by atoms with Crippen molar-refractivity contribution in [3.05, 3.63) is 0 Å². The number of halogens is 1. The van der Waals surface area contributed by atoms with Gasteiger partial charge in [0.25, 0.3) is 0 Å². The lowest BCUT2D eigenvalue weighted by atomic mass is 9.53. The second-order valence-corrected chi connectivity index (χ2v) is 7.99. The lowest BCUT2D eigenvalue weighted by Crippen LogP contribution is -2.47. The normalized spacial score (nSPS) is 30.1. The number of hydrogen-bond acceptors (Lipinski definition) is 2. The van der Waals surface area contributed by atoms with Gasteiger partial charge in [-0.3, -0.25) is 4.79 Å². The van der Waals surface area contributed by atoms with Gasteiger partial charge in [0.15, 0.2) is 0 Å². The van der Waals surface area contributed by atoms with E-state index >= 15 is 0 Å². The molecule has 0 radical (unpaired) electrons. The lowest BCUT2D eigenvalue weighted by Gasteiger charge is -2.50. The first-order valence-electron chi connectivity index (χ1n) is 7.33. The Labute approximate surface area is 131 Å². The molecule has 110 valence electrons. The van der Waals surface area contributed by atoms with Crippen LogP contribution in [0.25, 0.3) is 0 Å². The van der Waals surface area contributed by atoms with E-state index in [0.29, 0.717) is 24.5 Å². The van der Waals surface area contributed by atoms with Crippen LogP contribution in [0.4, 0.5) is 0 Å². The van der Waals surface area contributed by atoms with E-state index in [4.69, 9.17) is 0 Å². The summed E-state index contributed by atoms with van der Waals surface area (Å²) in [5.41, 5.74) is -0.0498. The molecular weight excluding hydrogens is 351 g/mol. The van der Waals surface area contributed by atoms with E-state index in [9.17, 15) is 9.59 Å². The maximum absolute atomic E-state index is 12.6. The van der Waals surface area contributed by atoms with Crippen molar-refractivity contribution < 1.29 is 9.59 Å². The summed E-state index contributed by atoms with van der Waals surface area (Å²) in [4.78, 5) is 23.9. The van der Waals surface area contributed by atoms with Gasteiger partial charge in [0.2, 0.25) is 0 Å². The Bertz CT molecular complexity index is 349. The van der Waals surface area contributed by atoms with Crippen LogP contribution in [-0.4, -0.2) is 16.0 Å². The summed E-state index contributed by atoms with van der Waals surface area (Å²) in [5, 5.41) is 0. The molecule has 1 fully saturated rings. The van der Waals surface area contributed by atoms with Crippen molar-refractivity contribution >= 4 is 34.2 Å². The van der Waals surface area contributed by atoms with E-state index in [1.165, 1.54) is 6.42 Å². The molecule has 1 aliphatic rings. The third kappa shape index (κ3) is 4.02. The monoisotopic (exact) mass is 378 g/mol. The van der Waals surface area contributed by atoms with Crippen molar-refractivity contribution in [3.63, 3.8) is 0 Å². The molecule has 0 bridgehead atoms. The standard InChI is InChI=1S/C16H27IO2/c1-12(18)6-7-13-15(2,3)9-5-10-16(13,4)14(19)8-11-17/h13H,5-11H2,1-4H3/t13-,16-/m0/s1. The van der Waals surface area contributed by atoms with Gasteiger partial charge in [0.05, 0.1) is 0 Å². The quantitative estimate of drug-likeness (QED) is 0.501. The van der Waals surface area contributed by atoms with E-state index in [1.807, 2.05) is 0 Å². The molecule has 0 N–H and O–H groups in total. The van der Waals surface area contributed by atoms with Crippen LogP contribution in [0.5, 0.6) is 0 Å². The van der Waals surface area contributed by atoms with Crippen molar-refractivity contribution in [2.45, 2.75) is 66.2 Å². The molecule has 0 aromatic heterocycles. The van der Waals surface area contributed by atoms with Crippen molar-refractivity contribution in [3.8, 4) is 0 Å². The third-order valence-electron chi connectivity index (χ3n) is 4.97. The highest BCUT2D eigenvalue weighted by molar-refractivity contribution is 14.1. The number of carbonyl (C=O) groups is 2. The topological polar surface area (TPSA) is 34.1 Å². The van der Waals surface area contributed by atoms with E-state index in [1.54, 1.807) is 6.92 Å². The zero-order chi connectivity index (χ0) is 14.7. The average molecular weight is 378 g/mol. The molecule has 1 saturated carbocycles. The van der Waals surface area contributed by atoms with Gasteiger partial charge in [0.1, 0.15) is 11.6 Å². The van der Waals surface area contributed by atoms with Crippen LogP contribution >= 0.6 is 22.6 Å². The van der Waals surface area contributed by atoms with Gasteiger partial charge in [-0.15, -0.1) is 0 Å². The lowest BCUT2D eigenvalue weighted by molar-refractivity contribution is -0.139. The van der Waals surface area contributed by atoms with Crippen LogP contribution in [0.2, 0.25) is 0 Å². The molecule has 0 aliphatic heterocycles. The Morgan fingerprint density at radius 2 is 1.79 bits per heavy atom. The summed E-state index contributed by atoms with van der Waals surface area (Å²) in [6.07, 6.45) is 5.45. The molecule has 0 aromatic carbocycles. The third-order valence-corrected chi connectivity index (χ3v) is 5.51.